The topological polar surface area (TPSA) is 26.3 Å². The van der Waals surface area contributed by atoms with Gasteiger partial charge in [-0.2, -0.15) is 0 Å². The highest BCUT2D eigenvalue weighted by atomic mass is 16.5. The summed E-state index contributed by atoms with van der Waals surface area (Å²) < 4.78 is 4.65. The summed E-state index contributed by atoms with van der Waals surface area (Å²) in [5.41, 5.74) is 1.22. The number of allylic oxidation sites excluding steroid dienone is 1. The van der Waals surface area contributed by atoms with Gasteiger partial charge in [0.05, 0.1) is 6.61 Å². The average Bonchev–Trinajstić information content (AvgIpc) is 2.00. The maximum Gasteiger partial charge on any atom is 0.293 e. The minimum absolute atomic E-state index is 0.467. The fraction of sp³-hybridized carbons (Fsp3) is 0.700. The van der Waals surface area contributed by atoms with Crippen molar-refractivity contribution in [2.45, 2.75) is 33.1 Å². The Labute approximate surface area is 74.6 Å². The van der Waals surface area contributed by atoms with Crippen LogP contribution in [0.1, 0.15) is 33.1 Å². The molecule has 0 rings (SSSR count). The maximum atomic E-state index is 9.85. The predicted molar refractivity (Wildman–Crippen MR) is 49.8 cm³/mol. The summed E-state index contributed by atoms with van der Waals surface area (Å²) in [6.45, 7) is 9.00. The van der Waals surface area contributed by atoms with Gasteiger partial charge < -0.3 is 4.74 Å². The molecule has 0 bridgehead atoms. The van der Waals surface area contributed by atoms with E-state index >= 15 is 0 Å². The lowest BCUT2D eigenvalue weighted by molar-refractivity contribution is -0.129. The molecule has 0 aromatic rings. The summed E-state index contributed by atoms with van der Waals surface area (Å²) in [7, 11) is 0. The van der Waals surface area contributed by atoms with Crippen LogP contribution in [-0.2, 0) is 9.53 Å². The van der Waals surface area contributed by atoms with Gasteiger partial charge >= 0.3 is 0 Å². The number of carbonyl (C=O) groups excluding carboxylic acids is 1. The van der Waals surface area contributed by atoms with Crippen molar-refractivity contribution >= 4 is 6.47 Å². The standard InChI is InChI=1S/C10H18O2/c1-9(2)5-4-6-10(3)7-12-8-11/h8,10H,1,4-7H2,2-3H3. The Morgan fingerprint density at radius 2 is 2.33 bits per heavy atom. The highest BCUT2D eigenvalue weighted by molar-refractivity contribution is 5.36. The van der Waals surface area contributed by atoms with Gasteiger partial charge in [-0.25, -0.2) is 0 Å². The van der Waals surface area contributed by atoms with Gasteiger partial charge in [-0.1, -0.05) is 12.5 Å². The van der Waals surface area contributed by atoms with E-state index in [-0.39, 0.29) is 0 Å². The second-order valence-electron chi connectivity index (χ2n) is 3.38. The first-order valence-electron chi connectivity index (χ1n) is 4.36. The van der Waals surface area contributed by atoms with Gasteiger partial charge in [0.1, 0.15) is 0 Å². The summed E-state index contributed by atoms with van der Waals surface area (Å²) in [5.74, 6) is 0.467. The Kier molecular flexibility index (Phi) is 6.44. The van der Waals surface area contributed by atoms with Crippen LogP contribution in [-0.4, -0.2) is 13.1 Å². The van der Waals surface area contributed by atoms with Gasteiger partial charge in [-0.15, -0.1) is 6.58 Å². The van der Waals surface area contributed by atoms with E-state index in [2.05, 4.69) is 18.2 Å². The summed E-state index contributed by atoms with van der Waals surface area (Å²) in [4.78, 5) is 9.85. The van der Waals surface area contributed by atoms with E-state index in [1.165, 1.54) is 5.57 Å². The van der Waals surface area contributed by atoms with Gasteiger partial charge in [0.2, 0.25) is 0 Å². The maximum absolute atomic E-state index is 9.85. The Balaban J connectivity index is 3.24. The van der Waals surface area contributed by atoms with Crippen LogP contribution in [0.4, 0.5) is 0 Å². The average molecular weight is 170 g/mol. The third-order valence-corrected chi connectivity index (χ3v) is 1.75. The quantitative estimate of drug-likeness (QED) is 0.433. The molecule has 2 heteroatoms. The lowest BCUT2D eigenvalue weighted by atomic mass is 10.0. The molecular formula is C10H18O2. The minimum atomic E-state index is 0.467. The van der Waals surface area contributed by atoms with Crippen LogP contribution < -0.4 is 0 Å². The first kappa shape index (κ1) is 11.2. The highest BCUT2D eigenvalue weighted by Crippen LogP contribution is 2.10. The molecule has 0 radical (unpaired) electrons. The third kappa shape index (κ3) is 7.32. The minimum Gasteiger partial charge on any atom is -0.468 e. The monoisotopic (exact) mass is 170 g/mol. The van der Waals surface area contributed by atoms with Crippen LogP contribution in [0.25, 0.3) is 0 Å². The predicted octanol–water partition coefficient (Wildman–Crippen LogP) is 2.54. The van der Waals surface area contributed by atoms with Crippen molar-refractivity contribution in [3.8, 4) is 0 Å². The fourth-order valence-electron chi connectivity index (χ4n) is 1.04. The summed E-state index contributed by atoms with van der Waals surface area (Å²) in [6.07, 6.45) is 3.31. The Bertz CT molecular complexity index is 141. The zero-order valence-corrected chi connectivity index (χ0v) is 8.01. The van der Waals surface area contributed by atoms with Crippen LogP contribution in [0.2, 0.25) is 0 Å². The number of hydrogen-bond acceptors (Lipinski definition) is 2. The molecule has 0 aliphatic carbocycles. The van der Waals surface area contributed by atoms with Crippen molar-refractivity contribution in [3.63, 3.8) is 0 Å². The van der Waals surface area contributed by atoms with E-state index in [4.69, 9.17) is 0 Å². The van der Waals surface area contributed by atoms with Crippen LogP contribution in [0, 0.1) is 5.92 Å². The molecule has 1 atom stereocenters. The fourth-order valence-corrected chi connectivity index (χ4v) is 1.04. The highest BCUT2D eigenvalue weighted by Gasteiger charge is 2.01. The Hall–Kier alpha value is -0.790. The van der Waals surface area contributed by atoms with Crippen LogP contribution >= 0.6 is 0 Å². The molecule has 0 saturated heterocycles. The zero-order chi connectivity index (χ0) is 9.40. The molecule has 0 aromatic heterocycles. The second-order valence-corrected chi connectivity index (χ2v) is 3.38. The number of hydrogen-bond donors (Lipinski definition) is 0. The van der Waals surface area contributed by atoms with Crippen molar-refractivity contribution in [1.82, 2.24) is 0 Å². The normalized spacial score (nSPS) is 12.2. The molecule has 0 aliphatic heterocycles. The van der Waals surface area contributed by atoms with E-state index in [0.29, 0.717) is 19.0 Å². The summed E-state index contributed by atoms with van der Waals surface area (Å²) in [6, 6.07) is 0. The van der Waals surface area contributed by atoms with Gasteiger partial charge in [-0.05, 0) is 32.1 Å². The van der Waals surface area contributed by atoms with Crippen molar-refractivity contribution in [3.05, 3.63) is 12.2 Å². The SMILES string of the molecule is C=C(C)CCCC(C)COC=O. The molecule has 0 heterocycles. The van der Waals surface area contributed by atoms with Crippen molar-refractivity contribution in [2.75, 3.05) is 6.61 Å². The van der Waals surface area contributed by atoms with E-state index in [1.54, 1.807) is 0 Å². The lowest BCUT2D eigenvalue weighted by Gasteiger charge is -2.08. The molecule has 0 amide bonds. The number of carbonyl (C=O) groups is 1. The molecule has 0 N–H and O–H groups in total. The van der Waals surface area contributed by atoms with Crippen molar-refractivity contribution < 1.29 is 9.53 Å². The van der Waals surface area contributed by atoms with E-state index < -0.39 is 0 Å². The lowest BCUT2D eigenvalue weighted by Crippen LogP contribution is -2.04. The summed E-state index contributed by atoms with van der Waals surface area (Å²) in [5, 5.41) is 0. The van der Waals surface area contributed by atoms with Crippen LogP contribution in [0.15, 0.2) is 12.2 Å². The number of rotatable bonds is 7. The zero-order valence-electron chi connectivity index (χ0n) is 8.01. The van der Waals surface area contributed by atoms with Gasteiger partial charge in [0, 0.05) is 0 Å². The van der Waals surface area contributed by atoms with Gasteiger partial charge in [-0.3, -0.25) is 4.79 Å². The largest absolute Gasteiger partial charge is 0.468 e. The van der Waals surface area contributed by atoms with Gasteiger partial charge in [0.15, 0.2) is 0 Å². The molecule has 0 fully saturated rings. The van der Waals surface area contributed by atoms with Crippen LogP contribution in [0.5, 0.6) is 0 Å². The Morgan fingerprint density at radius 3 is 2.83 bits per heavy atom. The smallest absolute Gasteiger partial charge is 0.293 e. The molecule has 0 saturated carbocycles. The molecule has 1 unspecified atom stereocenters. The van der Waals surface area contributed by atoms with E-state index in [0.717, 1.165) is 19.3 Å². The molecule has 0 aliphatic rings. The first-order valence-corrected chi connectivity index (χ1v) is 4.36. The second kappa shape index (κ2) is 6.89. The van der Waals surface area contributed by atoms with Crippen LogP contribution in [0.3, 0.4) is 0 Å². The van der Waals surface area contributed by atoms with Crippen molar-refractivity contribution in [1.29, 1.82) is 0 Å². The first-order chi connectivity index (χ1) is 5.66. The molecule has 0 aromatic carbocycles. The molecule has 0 spiro atoms. The molecule has 70 valence electrons. The Morgan fingerprint density at radius 1 is 1.67 bits per heavy atom. The molecular weight excluding hydrogens is 152 g/mol. The van der Waals surface area contributed by atoms with E-state index in [9.17, 15) is 4.79 Å². The molecule has 12 heavy (non-hydrogen) atoms. The summed E-state index contributed by atoms with van der Waals surface area (Å²) >= 11 is 0. The third-order valence-electron chi connectivity index (χ3n) is 1.75. The molecule has 2 nitrogen and oxygen atoms in total. The van der Waals surface area contributed by atoms with Crippen molar-refractivity contribution in [2.24, 2.45) is 5.92 Å². The van der Waals surface area contributed by atoms with E-state index in [1.807, 2.05) is 6.92 Å². The number of ether oxygens (including phenoxy) is 1. The van der Waals surface area contributed by atoms with Gasteiger partial charge in [0.25, 0.3) is 6.47 Å².